The average molecular weight is 390 g/mol. The van der Waals surface area contributed by atoms with Crippen LogP contribution in [0.5, 0.6) is 0 Å². The van der Waals surface area contributed by atoms with E-state index in [1.54, 1.807) is 0 Å². The third-order valence-electron chi connectivity index (χ3n) is 5.82. The van der Waals surface area contributed by atoms with E-state index in [9.17, 15) is 4.79 Å². The molecule has 150 valence electrons. The number of carbonyl (C=O) groups is 1. The van der Waals surface area contributed by atoms with Crippen molar-refractivity contribution >= 4 is 5.91 Å². The number of piperidine rings is 1. The van der Waals surface area contributed by atoms with Crippen molar-refractivity contribution in [3.05, 3.63) is 65.5 Å². The standard InChI is InChI=1S/C23H27N5O/c1-4-22-20(15-25-27(22)3)18-6-5-7-19(14-18)23(29)28-12-9-17(10-13-28)21-8-11-24-16(2)26-21/h5-8,11,14-15,17H,4,9-10,12-13H2,1-3H3. The Kier molecular flexibility index (Phi) is 5.43. The maximum Gasteiger partial charge on any atom is 0.253 e. The molecular weight excluding hydrogens is 362 g/mol. The minimum absolute atomic E-state index is 0.103. The molecular formula is C23H27N5O. The lowest BCUT2D eigenvalue weighted by Crippen LogP contribution is -2.38. The van der Waals surface area contributed by atoms with Crippen LogP contribution < -0.4 is 0 Å². The van der Waals surface area contributed by atoms with E-state index < -0.39 is 0 Å². The van der Waals surface area contributed by atoms with Gasteiger partial charge in [-0.1, -0.05) is 19.1 Å². The summed E-state index contributed by atoms with van der Waals surface area (Å²) in [6, 6.07) is 9.92. The SMILES string of the molecule is CCc1c(-c2cccc(C(=O)N3CCC(c4ccnc(C)n4)CC3)c2)cnn1C. The second kappa shape index (κ2) is 8.15. The summed E-state index contributed by atoms with van der Waals surface area (Å²) in [7, 11) is 1.96. The topological polar surface area (TPSA) is 63.9 Å². The monoisotopic (exact) mass is 389 g/mol. The van der Waals surface area contributed by atoms with Crippen LogP contribution in [-0.4, -0.2) is 43.6 Å². The molecule has 6 heteroatoms. The second-order valence-electron chi connectivity index (χ2n) is 7.66. The minimum Gasteiger partial charge on any atom is -0.339 e. The van der Waals surface area contributed by atoms with E-state index in [1.165, 1.54) is 5.69 Å². The number of amides is 1. The maximum atomic E-state index is 13.1. The van der Waals surface area contributed by atoms with Gasteiger partial charge in [-0.15, -0.1) is 0 Å². The van der Waals surface area contributed by atoms with Gasteiger partial charge in [-0.25, -0.2) is 9.97 Å². The fourth-order valence-corrected chi connectivity index (χ4v) is 4.21. The molecule has 1 aliphatic heterocycles. The third kappa shape index (κ3) is 3.92. The van der Waals surface area contributed by atoms with E-state index in [-0.39, 0.29) is 5.91 Å². The number of nitrogens with zero attached hydrogens (tertiary/aromatic N) is 5. The lowest BCUT2D eigenvalue weighted by atomic mass is 9.92. The van der Waals surface area contributed by atoms with E-state index in [1.807, 2.05) is 60.2 Å². The second-order valence-corrected chi connectivity index (χ2v) is 7.66. The Bertz CT molecular complexity index is 1020. The molecule has 0 bridgehead atoms. The largest absolute Gasteiger partial charge is 0.339 e. The fraction of sp³-hybridized carbons (Fsp3) is 0.391. The Hall–Kier alpha value is -3.02. The van der Waals surface area contributed by atoms with Crippen molar-refractivity contribution in [1.29, 1.82) is 0 Å². The van der Waals surface area contributed by atoms with Gasteiger partial charge in [-0.05, 0) is 49.9 Å². The molecule has 1 aromatic carbocycles. The highest BCUT2D eigenvalue weighted by molar-refractivity contribution is 5.95. The molecule has 1 saturated heterocycles. The number of hydrogen-bond acceptors (Lipinski definition) is 4. The van der Waals surface area contributed by atoms with Crippen LogP contribution >= 0.6 is 0 Å². The molecule has 0 spiro atoms. The lowest BCUT2D eigenvalue weighted by molar-refractivity contribution is 0.0712. The Morgan fingerprint density at radius 2 is 2.00 bits per heavy atom. The first-order valence-electron chi connectivity index (χ1n) is 10.3. The van der Waals surface area contributed by atoms with Crippen molar-refractivity contribution in [2.75, 3.05) is 13.1 Å². The Morgan fingerprint density at radius 1 is 1.21 bits per heavy atom. The van der Waals surface area contributed by atoms with Gasteiger partial charge in [0.15, 0.2) is 0 Å². The first-order valence-corrected chi connectivity index (χ1v) is 10.3. The van der Waals surface area contributed by atoms with Crippen LogP contribution in [0.2, 0.25) is 0 Å². The molecule has 0 atom stereocenters. The summed E-state index contributed by atoms with van der Waals surface area (Å²) >= 11 is 0. The molecule has 0 saturated carbocycles. The molecule has 6 nitrogen and oxygen atoms in total. The molecule has 1 aliphatic rings. The van der Waals surface area contributed by atoms with Gasteiger partial charge in [0.1, 0.15) is 5.82 Å². The summed E-state index contributed by atoms with van der Waals surface area (Å²) < 4.78 is 1.91. The molecule has 0 N–H and O–H groups in total. The first kappa shape index (κ1) is 19.3. The molecule has 2 aromatic heterocycles. The zero-order valence-corrected chi connectivity index (χ0v) is 17.3. The van der Waals surface area contributed by atoms with E-state index in [0.717, 1.165) is 60.6 Å². The smallest absolute Gasteiger partial charge is 0.253 e. The van der Waals surface area contributed by atoms with Crippen LogP contribution in [0.4, 0.5) is 0 Å². The number of aryl methyl sites for hydroxylation is 2. The average Bonchev–Trinajstić information content (AvgIpc) is 3.14. The Labute approximate surface area is 171 Å². The summed E-state index contributed by atoms with van der Waals surface area (Å²) in [6.07, 6.45) is 6.48. The maximum absolute atomic E-state index is 13.1. The van der Waals surface area contributed by atoms with Crippen molar-refractivity contribution in [3.8, 4) is 11.1 Å². The molecule has 4 rings (SSSR count). The molecule has 3 aromatic rings. The summed E-state index contributed by atoms with van der Waals surface area (Å²) in [6.45, 7) is 5.55. The van der Waals surface area contributed by atoms with Crippen molar-refractivity contribution in [3.63, 3.8) is 0 Å². The van der Waals surface area contributed by atoms with Gasteiger partial charge < -0.3 is 4.90 Å². The third-order valence-corrected chi connectivity index (χ3v) is 5.82. The van der Waals surface area contributed by atoms with Gasteiger partial charge in [0.25, 0.3) is 5.91 Å². The van der Waals surface area contributed by atoms with Gasteiger partial charge in [-0.3, -0.25) is 9.48 Å². The van der Waals surface area contributed by atoms with Crippen LogP contribution in [0.1, 0.15) is 53.3 Å². The summed E-state index contributed by atoms with van der Waals surface area (Å²) in [5.41, 5.74) is 5.16. The van der Waals surface area contributed by atoms with Gasteiger partial charge in [0.05, 0.1) is 6.20 Å². The molecule has 0 unspecified atom stereocenters. The number of hydrogen-bond donors (Lipinski definition) is 0. The highest BCUT2D eigenvalue weighted by atomic mass is 16.2. The van der Waals surface area contributed by atoms with Crippen molar-refractivity contribution in [2.45, 2.75) is 39.0 Å². The van der Waals surface area contributed by atoms with Crippen LogP contribution in [0.3, 0.4) is 0 Å². The van der Waals surface area contributed by atoms with Crippen LogP contribution in [-0.2, 0) is 13.5 Å². The molecule has 0 radical (unpaired) electrons. The summed E-state index contributed by atoms with van der Waals surface area (Å²) in [5.74, 6) is 1.31. The van der Waals surface area contributed by atoms with E-state index in [4.69, 9.17) is 0 Å². The summed E-state index contributed by atoms with van der Waals surface area (Å²) in [5, 5.41) is 4.38. The molecule has 1 amide bonds. The Balaban J connectivity index is 1.48. The molecule has 1 fully saturated rings. The normalized spacial score (nSPS) is 14.9. The van der Waals surface area contributed by atoms with Crippen LogP contribution in [0.15, 0.2) is 42.7 Å². The number of carbonyl (C=O) groups excluding carboxylic acids is 1. The lowest BCUT2D eigenvalue weighted by Gasteiger charge is -2.32. The van der Waals surface area contributed by atoms with Crippen molar-refractivity contribution < 1.29 is 4.79 Å². The Morgan fingerprint density at radius 3 is 2.72 bits per heavy atom. The summed E-state index contributed by atoms with van der Waals surface area (Å²) in [4.78, 5) is 23.8. The highest BCUT2D eigenvalue weighted by Crippen LogP contribution is 2.29. The van der Waals surface area contributed by atoms with Gasteiger partial charge in [0, 0.05) is 54.8 Å². The van der Waals surface area contributed by atoms with Crippen molar-refractivity contribution in [2.24, 2.45) is 7.05 Å². The number of likely N-dealkylation sites (tertiary alicyclic amines) is 1. The van der Waals surface area contributed by atoms with E-state index in [2.05, 4.69) is 28.1 Å². The van der Waals surface area contributed by atoms with Gasteiger partial charge in [0.2, 0.25) is 0 Å². The zero-order valence-electron chi connectivity index (χ0n) is 17.3. The first-order chi connectivity index (χ1) is 14.1. The number of benzene rings is 1. The van der Waals surface area contributed by atoms with E-state index in [0.29, 0.717) is 5.92 Å². The molecule has 0 aliphatic carbocycles. The van der Waals surface area contributed by atoms with Crippen LogP contribution in [0.25, 0.3) is 11.1 Å². The predicted octanol–water partition coefficient (Wildman–Crippen LogP) is 3.77. The van der Waals surface area contributed by atoms with Crippen molar-refractivity contribution in [1.82, 2.24) is 24.6 Å². The van der Waals surface area contributed by atoms with E-state index >= 15 is 0 Å². The molecule has 29 heavy (non-hydrogen) atoms. The fourth-order valence-electron chi connectivity index (χ4n) is 4.21. The quantitative estimate of drug-likeness (QED) is 0.681. The number of aromatic nitrogens is 4. The number of rotatable bonds is 4. The highest BCUT2D eigenvalue weighted by Gasteiger charge is 2.25. The zero-order chi connectivity index (χ0) is 20.4. The molecule has 3 heterocycles. The minimum atomic E-state index is 0.103. The van der Waals surface area contributed by atoms with Crippen LogP contribution in [0, 0.1) is 6.92 Å². The predicted molar refractivity (Wildman–Crippen MR) is 113 cm³/mol. The van der Waals surface area contributed by atoms with Gasteiger partial charge in [-0.2, -0.15) is 5.10 Å². The van der Waals surface area contributed by atoms with Gasteiger partial charge >= 0.3 is 0 Å².